The molecule has 0 N–H and O–H groups in total. The van der Waals surface area contributed by atoms with Crippen molar-refractivity contribution in [3.8, 4) is 27.9 Å². The lowest BCUT2D eigenvalue weighted by atomic mass is 10.2. The maximum absolute atomic E-state index is 5.54. The Balaban J connectivity index is 1.50. The third-order valence-corrected chi connectivity index (χ3v) is 4.25. The summed E-state index contributed by atoms with van der Waals surface area (Å²) in [5.74, 6) is 1.95. The van der Waals surface area contributed by atoms with Gasteiger partial charge in [-0.1, -0.05) is 6.07 Å². The van der Waals surface area contributed by atoms with Crippen LogP contribution in [0.1, 0.15) is 5.69 Å². The number of thiophene rings is 1. The van der Waals surface area contributed by atoms with E-state index in [2.05, 4.69) is 20.4 Å². The van der Waals surface area contributed by atoms with E-state index in [-0.39, 0.29) is 0 Å². The van der Waals surface area contributed by atoms with Gasteiger partial charge in [0.05, 0.1) is 12.0 Å². The van der Waals surface area contributed by atoms with Crippen molar-refractivity contribution in [2.75, 3.05) is 7.11 Å². The van der Waals surface area contributed by atoms with Crippen LogP contribution < -0.4 is 4.74 Å². The molecule has 8 heteroatoms. The molecule has 4 rings (SSSR count). The van der Waals surface area contributed by atoms with E-state index < -0.39 is 0 Å². The van der Waals surface area contributed by atoms with E-state index in [9.17, 15) is 0 Å². The first kappa shape index (κ1) is 14.6. The second-order valence-corrected chi connectivity index (χ2v) is 5.94. The molecule has 0 amide bonds. The number of nitrogens with zero attached hydrogens (tertiary/aromatic N) is 5. The lowest BCUT2D eigenvalue weighted by molar-refractivity contribution is 0.415. The molecule has 4 aromatic rings. The summed E-state index contributed by atoms with van der Waals surface area (Å²) in [5.41, 5.74) is 1.61. The van der Waals surface area contributed by atoms with Crippen molar-refractivity contribution in [3.05, 3.63) is 53.7 Å². The van der Waals surface area contributed by atoms with Crippen LogP contribution in [0.5, 0.6) is 5.75 Å². The summed E-state index contributed by atoms with van der Waals surface area (Å²) in [4.78, 5) is 6.96. The fourth-order valence-corrected chi connectivity index (χ4v) is 2.85. The standard InChI is InChI=1S/C16H13N5O2S/c1-22-13-6-4-11(5-7-13)16-17-12(10-23-16)9-21-19-15(18-20-21)14-3-2-8-24-14/h2-8,10H,9H2,1H3. The molecule has 3 heterocycles. The molecule has 0 unspecified atom stereocenters. The third-order valence-electron chi connectivity index (χ3n) is 3.39. The summed E-state index contributed by atoms with van der Waals surface area (Å²) < 4.78 is 10.7. The molecule has 1 aromatic carbocycles. The van der Waals surface area contributed by atoms with Crippen molar-refractivity contribution in [2.24, 2.45) is 0 Å². The Morgan fingerprint density at radius 3 is 2.83 bits per heavy atom. The predicted molar refractivity (Wildman–Crippen MR) is 88.7 cm³/mol. The molecule has 0 fully saturated rings. The van der Waals surface area contributed by atoms with Crippen molar-refractivity contribution in [1.29, 1.82) is 0 Å². The van der Waals surface area contributed by atoms with Gasteiger partial charge in [-0.05, 0) is 40.9 Å². The van der Waals surface area contributed by atoms with Crippen LogP contribution in [-0.4, -0.2) is 32.3 Å². The van der Waals surface area contributed by atoms with Gasteiger partial charge in [0.25, 0.3) is 0 Å². The molecule has 0 bridgehead atoms. The van der Waals surface area contributed by atoms with Crippen LogP contribution >= 0.6 is 11.3 Å². The molecule has 120 valence electrons. The van der Waals surface area contributed by atoms with Crippen LogP contribution in [0.25, 0.3) is 22.2 Å². The molecule has 0 aliphatic rings. The fraction of sp³-hybridized carbons (Fsp3) is 0.125. The van der Waals surface area contributed by atoms with Gasteiger partial charge in [-0.25, -0.2) is 4.98 Å². The normalized spacial score (nSPS) is 10.9. The summed E-state index contributed by atoms with van der Waals surface area (Å²) in [6.45, 7) is 0.401. The highest BCUT2D eigenvalue weighted by atomic mass is 32.1. The van der Waals surface area contributed by atoms with Crippen molar-refractivity contribution in [3.63, 3.8) is 0 Å². The second kappa shape index (κ2) is 6.25. The number of benzene rings is 1. The average molecular weight is 339 g/mol. The first-order valence-electron chi connectivity index (χ1n) is 7.22. The van der Waals surface area contributed by atoms with Crippen LogP contribution in [-0.2, 0) is 6.54 Å². The Bertz CT molecular complexity index is 928. The Morgan fingerprint density at radius 2 is 2.08 bits per heavy atom. The summed E-state index contributed by atoms with van der Waals surface area (Å²) in [6, 6.07) is 11.5. The first-order valence-corrected chi connectivity index (χ1v) is 8.10. The van der Waals surface area contributed by atoms with E-state index in [0.717, 1.165) is 21.9 Å². The summed E-state index contributed by atoms with van der Waals surface area (Å²) >= 11 is 1.58. The Morgan fingerprint density at radius 1 is 1.21 bits per heavy atom. The predicted octanol–water partition coefficient (Wildman–Crippen LogP) is 3.11. The average Bonchev–Trinajstić information content (AvgIpc) is 3.37. The van der Waals surface area contributed by atoms with Crippen LogP contribution in [0.3, 0.4) is 0 Å². The van der Waals surface area contributed by atoms with Crippen molar-refractivity contribution >= 4 is 11.3 Å². The minimum Gasteiger partial charge on any atom is -0.497 e. The van der Waals surface area contributed by atoms with Crippen LogP contribution in [0.15, 0.2) is 52.5 Å². The molecule has 24 heavy (non-hydrogen) atoms. The number of ether oxygens (including phenoxy) is 1. The topological polar surface area (TPSA) is 78.9 Å². The molecule has 3 aromatic heterocycles. The maximum Gasteiger partial charge on any atom is 0.226 e. The molecule has 0 aliphatic carbocycles. The number of oxazole rings is 1. The van der Waals surface area contributed by atoms with Gasteiger partial charge < -0.3 is 9.15 Å². The lowest BCUT2D eigenvalue weighted by Gasteiger charge is -1.99. The Labute approximate surface area is 141 Å². The van der Waals surface area contributed by atoms with E-state index in [1.165, 1.54) is 4.80 Å². The molecular weight excluding hydrogens is 326 g/mol. The smallest absolute Gasteiger partial charge is 0.226 e. The number of methoxy groups -OCH3 is 1. The van der Waals surface area contributed by atoms with Crippen molar-refractivity contribution in [1.82, 2.24) is 25.2 Å². The van der Waals surface area contributed by atoms with Crippen LogP contribution in [0.2, 0.25) is 0 Å². The molecule has 0 spiro atoms. The zero-order valence-electron chi connectivity index (χ0n) is 12.8. The molecule has 0 aliphatic heterocycles. The fourth-order valence-electron chi connectivity index (χ4n) is 2.21. The van der Waals surface area contributed by atoms with Gasteiger partial charge in [-0.3, -0.25) is 0 Å². The number of hydrogen-bond acceptors (Lipinski definition) is 7. The van der Waals surface area contributed by atoms with E-state index in [1.54, 1.807) is 24.7 Å². The number of hydrogen-bond donors (Lipinski definition) is 0. The van der Waals surface area contributed by atoms with Crippen LogP contribution in [0, 0.1) is 0 Å². The molecular formula is C16H13N5O2S. The van der Waals surface area contributed by atoms with Gasteiger partial charge in [-0.2, -0.15) is 4.80 Å². The zero-order chi connectivity index (χ0) is 16.4. The van der Waals surface area contributed by atoms with Crippen LogP contribution in [0.4, 0.5) is 0 Å². The molecule has 0 radical (unpaired) electrons. The van der Waals surface area contributed by atoms with Crippen molar-refractivity contribution in [2.45, 2.75) is 6.54 Å². The van der Waals surface area contributed by atoms with Gasteiger partial charge in [0, 0.05) is 5.56 Å². The zero-order valence-corrected chi connectivity index (χ0v) is 13.6. The third kappa shape index (κ3) is 2.91. The monoisotopic (exact) mass is 339 g/mol. The van der Waals surface area contributed by atoms with Gasteiger partial charge in [0.15, 0.2) is 0 Å². The highest BCUT2D eigenvalue weighted by molar-refractivity contribution is 7.13. The molecule has 0 atom stereocenters. The van der Waals surface area contributed by atoms with Gasteiger partial charge in [-0.15, -0.1) is 21.5 Å². The number of rotatable bonds is 5. The minimum atomic E-state index is 0.401. The van der Waals surface area contributed by atoms with E-state index in [4.69, 9.17) is 9.15 Å². The maximum atomic E-state index is 5.54. The van der Waals surface area contributed by atoms with E-state index in [1.807, 2.05) is 41.8 Å². The lowest BCUT2D eigenvalue weighted by Crippen LogP contribution is -2.04. The Kier molecular flexibility index (Phi) is 3.80. The number of tetrazole rings is 1. The van der Waals surface area contributed by atoms with Gasteiger partial charge in [0.1, 0.15) is 24.3 Å². The SMILES string of the molecule is COc1ccc(-c2nc(Cn3nnc(-c4cccs4)n3)co2)cc1. The second-order valence-electron chi connectivity index (χ2n) is 4.99. The summed E-state index contributed by atoms with van der Waals surface area (Å²) in [5, 5.41) is 14.5. The summed E-state index contributed by atoms with van der Waals surface area (Å²) in [7, 11) is 1.63. The van der Waals surface area contributed by atoms with Gasteiger partial charge >= 0.3 is 0 Å². The molecule has 7 nitrogen and oxygen atoms in total. The largest absolute Gasteiger partial charge is 0.497 e. The highest BCUT2D eigenvalue weighted by Crippen LogP contribution is 2.22. The first-order chi connectivity index (χ1) is 11.8. The molecule has 0 saturated heterocycles. The quantitative estimate of drug-likeness (QED) is 0.556. The number of aromatic nitrogens is 5. The molecule has 0 saturated carbocycles. The van der Waals surface area contributed by atoms with Gasteiger partial charge in [0.2, 0.25) is 11.7 Å². The summed E-state index contributed by atoms with van der Waals surface area (Å²) in [6.07, 6.45) is 1.60. The van der Waals surface area contributed by atoms with E-state index >= 15 is 0 Å². The Hall–Kier alpha value is -3.00. The highest BCUT2D eigenvalue weighted by Gasteiger charge is 2.11. The minimum absolute atomic E-state index is 0.401. The van der Waals surface area contributed by atoms with Crippen molar-refractivity contribution < 1.29 is 9.15 Å². The van der Waals surface area contributed by atoms with E-state index in [0.29, 0.717) is 18.3 Å².